The lowest BCUT2D eigenvalue weighted by molar-refractivity contribution is -0.137. The summed E-state index contributed by atoms with van der Waals surface area (Å²) < 4.78 is 44.8. The Kier molecular flexibility index (Phi) is 4.57. The van der Waals surface area contributed by atoms with E-state index in [1.54, 1.807) is 12.1 Å². The quantitative estimate of drug-likeness (QED) is 0.664. The average Bonchev–Trinajstić information content (AvgIpc) is 2.72. The number of carbonyl (C=O) groups is 1. The van der Waals surface area contributed by atoms with Crippen LogP contribution in [0.1, 0.15) is 5.56 Å². The highest BCUT2D eigenvalue weighted by Gasteiger charge is 2.30. The maximum absolute atomic E-state index is 13.0. The maximum Gasteiger partial charge on any atom is 0.416 e. The van der Waals surface area contributed by atoms with Crippen molar-refractivity contribution in [2.45, 2.75) is 6.18 Å². The number of rotatable bonds is 3. The lowest BCUT2D eigenvalue weighted by Gasteiger charge is -2.29. The van der Waals surface area contributed by atoms with Crippen LogP contribution in [0.25, 0.3) is 10.9 Å². The van der Waals surface area contributed by atoms with Crippen molar-refractivity contribution in [1.29, 1.82) is 0 Å². The molecule has 2 aromatic carbocycles. The van der Waals surface area contributed by atoms with Gasteiger partial charge in [0.2, 0.25) is 0 Å². The molecule has 0 saturated carbocycles. The normalized spacial score (nSPS) is 13.6. The third-order valence-corrected chi connectivity index (χ3v) is 4.48. The van der Waals surface area contributed by atoms with E-state index in [4.69, 9.17) is 4.74 Å². The Morgan fingerprint density at radius 1 is 1.24 bits per heavy atom. The second kappa shape index (κ2) is 7.08. The van der Waals surface area contributed by atoms with E-state index < -0.39 is 11.7 Å². The van der Waals surface area contributed by atoms with E-state index in [1.807, 2.05) is 0 Å². The summed E-state index contributed by atoms with van der Waals surface area (Å²) in [5.41, 5.74) is 0.492. The molecule has 29 heavy (non-hydrogen) atoms. The molecule has 0 atom stereocenters. The van der Waals surface area contributed by atoms with Crippen molar-refractivity contribution in [3.63, 3.8) is 0 Å². The van der Waals surface area contributed by atoms with Crippen LogP contribution < -0.4 is 15.0 Å². The molecule has 1 N–H and O–H groups in total. The van der Waals surface area contributed by atoms with Crippen LogP contribution in [0.15, 0.2) is 55.4 Å². The molecule has 1 aliphatic rings. The molecule has 3 aromatic rings. The molecule has 0 aliphatic carbocycles. The van der Waals surface area contributed by atoms with Crippen LogP contribution in [0.5, 0.6) is 5.75 Å². The molecule has 0 bridgehead atoms. The summed E-state index contributed by atoms with van der Waals surface area (Å²) in [6.07, 6.45) is -1.94. The number of fused-ring (bicyclic) bond motifs is 3. The first-order chi connectivity index (χ1) is 13.9. The molecule has 2 heterocycles. The molecule has 6 nitrogen and oxygen atoms in total. The number of hydrogen-bond acceptors (Lipinski definition) is 5. The third-order valence-electron chi connectivity index (χ3n) is 4.48. The SMILES string of the molecule is C=CC(=O)N1CCOc2c1ccc1ncnc(Nc3cccc(C(F)(F)F)c3)c21. The van der Waals surface area contributed by atoms with Crippen LogP contribution in [0.4, 0.5) is 30.4 Å². The van der Waals surface area contributed by atoms with Crippen molar-refractivity contribution in [3.05, 3.63) is 60.9 Å². The van der Waals surface area contributed by atoms with Gasteiger partial charge < -0.3 is 15.0 Å². The number of carbonyl (C=O) groups excluding carboxylic acids is 1. The first kappa shape index (κ1) is 18.7. The zero-order valence-corrected chi connectivity index (χ0v) is 15.0. The average molecular weight is 400 g/mol. The topological polar surface area (TPSA) is 67.4 Å². The number of anilines is 3. The van der Waals surface area contributed by atoms with Crippen LogP contribution in [-0.4, -0.2) is 29.0 Å². The van der Waals surface area contributed by atoms with Gasteiger partial charge in [-0.25, -0.2) is 9.97 Å². The van der Waals surface area contributed by atoms with E-state index in [9.17, 15) is 18.0 Å². The van der Waals surface area contributed by atoms with Crippen molar-refractivity contribution in [3.8, 4) is 5.75 Å². The minimum atomic E-state index is -4.46. The van der Waals surface area contributed by atoms with Crippen molar-refractivity contribution in [2.24, 2.45) is 0 Å². The third kappa shape index (κ3) is 3.46. The van der Waals surface area contributed by atoms with E-state index in [0.717, 1.165) is 12.1 Å². The van der Waals surface area contributed by atoms with Gasteiger partial charge in [-0.1, -0.05) is 12.6 Å². The number of ether oxygens (including phenoxy) is 1. The number of benzene rings is 2. The standard InChI is InChI=1S/C20H15F3N4O2/c1-2-16(28)27-8-9-29-18-15(27)7-6-14-17(18)19(25-11-24-14)26-13-5-3-4-12(10-13)20(21,22)23/h2-7,10-11H,1,8-9H2,(H,24,25,26). The molecule has 1 amide bonds. The maximum atomic E-state index is 13.0. The molecule has 0 fully saturated rings. The summed E-state index contributed by atoms with van der Waals surface area (Å²) in [5, 5.41) is 3.39. The van der Waals surface area contributed by atoms with Gasteiger partial charge in [0.25, 0.3) is 5.91 Å². The highest BCUT2D eigenvalue weighted by molar-refractivity contribution is 6.07. The predicted molar refractivity (Wildman–Crippen MR) is 102 cm³/mol. The first-order valence-corrected chi connectivity index (χ1v) is 8.67. The fourth-order valence-corrected chi connectivity index (χ4v) is 3.17. The van der Waals surface area contributed by atoms with Gasteiger partial charge in [-0.3, -0.25) is 4.79 Å². The molecule has 1 aromatic heterocycles. The molecule has 148 valence electrons. The number of alkyl halides is 3. The summed E-state index contributed by atoms with van der Waals surface area (Å²) >= 11 is 0. The molecule has 0 spiro atoms. The number of amides is 1. The van der Waals surface area contributed by atoms with Crippen LogP contribution in [-0.2, 0) is 11.0 Å². The number of nitrogens with zero attached hydrogens (tertiary/aromatic N) is 3. The monoisotopic (exact) mass is 400 g/mol. The van der Waals surface area contributed by atoms with Crippen molar-refractivity contribution in [2.75, 3.05) is 23.4 Å². The van der Waals surface area contributed by atoms with Gasteiger partial charge in [0.05, 0.1) is 28.7 Å². The van der Waals surface area contributed by atoms with Crippen molar-refractivity contribution < 1.29 is 22.7 Å². The van der Waals surface area contributed by atoms with Gasteiger partial charge in [-0.2, -0.15) is 13.2 Å². The Bertz CT molecular complexity index is 1110. The molecule has 4 rings (SSSR count). The van der Waals surface area contributed by atoms with E-state index in [2.05, 4.69) is 21.9 Å². The fourth-order valence-electron chi connectivity index (χ4n) is 3.17. The van der Waals surface area contributed by atoms with Gasteiger partial charge in [0, 0.05) is 5.69 Å². The Balaban J connectivity index is 1.82. The molecule has 0 radical (unpaired) electrons. The predicted octanol–water partition coefficient (Wildman–Crippen LogP) is 4.30. The Labute approximate surface area is 163 Å². The molecule has 1 aliphatic heterocycles. The molecule has 0 unspecified atom stereocenters. The molecule has 9 heteroatoms. The summed E-state index contributed by atoms with van der Waals surface area (Å²) in [5.74, 6) is 0.385. The van der Waals surface area contributed by atoms with Crippen LogP contribution in [0.3, 0.4) is 0 Å². The van der Waals surface area contributed by atoms with Gasteiger partial charge in [0.15, 0.2) is 5.75 Å². The van der Waals surface area contributed by atoms with Gasteiger partial charge in [0.1, 0.15) is 18.8 Å². The highest BCUT2D eigenvalue weighted by Crippen LogP contribution is 2.41. The zero-order chi connectivity index (χ0) is 20.6. The lowest BCUT2D eigenvalue weighted by atomic mass is 10.1. The van der Waals surface area contributed by atoms with E-state index >= 15 is 0 Å². The van der Waals surface area contributed by atoms with E-state index in [-0.39, 0.29) is 24.0 Å². The first-order valence-electron chi connectivity index (χ1n) is 8.67. The van der Waals surface area contributed by atoms with E-state index in [1.165, 1.54) is 29.4 Å². The summed E-state index contributed by atoms with van der Waals surface area (Å²) in [6.45, 7) is 4.12. The summed E-state index contributed by atoms with van der Waals surface area (Å²) in [6, 6.07) is 8.22. The fraction of sp³-hybridized carbons (Fsp3) is 0.150. The summed E-state index contributed by atoms with van der Waals surface area (Å²) in [4.78, 5) is 22.1. The Morgan fingerprint density at radius 3 is 2.83 bits per heavy atom. The molecular formula is C20H15F3N4O2. The van der Waals surface area contributed by atoms with Gasteiger partial charge in [-0.05, 0) is 36.4 Å². The minimum absolute atomic E-state index is 0.215. The molecule has 0 saturated heterocycles. The van der Waals surface area contributed by atoms with Gasteiger partial charge in [-0.15, -0.1) is 0 Å². The number of aromatic nitrogens is 2. The molecular weight excluding hydrogens is 385 g/mol. The number of nitrogens with one attached hydrogen (secondary N) is 1. The largest absolute Gasteiger partial charge is 0.489 e. The lowest BCUT2D eigenvalue weighted by Crippen LogP contribution is -2.36. The van der Waals surface area contributed by atoms with Crippen LogP contribution >= 0.6 is 0 Å². The minimum Gasteiger partial charge on any atom is -0.489 e. The van der Waals surface area contributed by atoms with Crippen molar-refractivity contribution >= 4 is 34.0 Å². The number of halogens is 3. The number of hydrogen-bond donors (Lipinski definition) is 1. The van der Waals surface area contributed by atoms with Crippen LogP contribution in [0.2, 0.25) is 0 Å². The zero-order valence-electron chi connectivity index (χ0n) is 15.0. The Hall–Kier alpha value is -3.62. The highest BCUT2D eigenvalue weighted by atomic mass is 19.4. The second-order valence-electron chi connectivity index (χ2n) is 6.28. The van der Waals surface area contributed by atoms with Gasteiger partial charge >= 0.3 is 6.18 Å². The summed E-state index contributed by atoms with van der Waals surface area (Å²) in [7, 11) is 0. The van der Waals surface area contributed by atoms with Crippen molar-refractivity contribution in [1.82, 2.24) is 9.97 Å². The van der Waals surface area contributed by atoms with Crippen LogP contribution in [0, 0.1) is 0 Å². The van der Waals surface area contributed by atoms with E-state index in [0.29, 0.717) is 28.9 Å². The second-order valence-corrected chi connectivity index (χ2v) is 6.28. The smallest absolute Gasteiger partial charge is 0.416 e. The Morgan fingerprint density at radius 2 is 2.07 bits per heavy atom.